The van der Waals surface area contributed by atoms with Gasteiger partial charge in [-0.05, 0) is 44.2 Å². The molecule has 0 bridgehead atoms. The lowest BCUT2D eigenvalue weighted by atomic mass is 9.76. The van der Waals surface area contributed by atoms with Gasteiger partial charge in [0.1, 0.15) is 12.1 Å². The maximum absolute atomic E-state index is 12.5. The number of nitrogens with zero attached hydrogens (tertiary/aromatic N) is 3. The number of anilines is 1. The van der Waals surface area contributed by atoms with Crippen LogP contribution in [0.25, 0.3) is 10.9 Å². The Hall–Kier alpha value is -2.26. The van der Waals surface area contributed by atoms with Crippen molar-refractivity contribution in [3.8, 4) is 12.3 Å². The Bertz CT molecular complexity index is 839. The molecule has 5 nitrogen and oxygen atoms in total. The van der Waals surface area contributed by atoms with Crippen LogP contribution in [0.15, 0.2) is 29.4 Å². The predicted molar refractivity (Wildman–Crippen MR) is 105 cm³/mol. The lowest BCUT2D eigenvalue weighted by Crippen LogP contribution is -2.45. The van der Waals surface area contributed by atoms with Crippen molar-refractivity contribution in [3.63, 3.8) is 0 Å². The summed E-state index contributed by atoms with van der Waals surface area (Å²) in [7, 11) is 0. The molecule has 0 spiro atoms. The van der Waals surface area contributed by atoms with Gasteiger partial charge in [-0.1, -0.05) is 0 Å². The zero-order valence-corrected chi connectivity index (χ0v) is 16.0. The van der Waals surface area contributed by atoms with Crippen LogP contribution in [-0.2, 0) is 9.53 Å². The van der Waals surface area contributed by atoms with Gasteiger partial charge in [0.15, 0.2) is 0 Å². The molecular weight excluding hydrogens is 346 g/mol. The van der Waals surface area contributed by atoms with Crippen molar-refractivity contribution < 1.29 is 9.53 Å². The van der Waals surface area contributed by atoms with Crippen molar-refractivity contribution in [1.29, 1.82) is 0 Å². The molecule has 2 aromatic rings. The summed E-state index contributed by atoms with van der Waals surface area (Å²) in [6, 6.07) is 6.22. The van der Waals surface area contributed by atoms with Crippen LogP contribution < -0.4 is 4.90 Å². The zero-order chi connectivity index (χ0) is 18.6. The highest BCUT2D eigenvalue weighted by Crippen LogP contribution is 2.38. The second-order valence-corrected chi connectivity index (χ2v) is 7.33. The van der Waals surface area contributed by atoms with Crippen LogP contribution in [0.4, 0.5) is 5.82 Å². The van der Waals surface area contributed by atoms with E-state index in [4.69, 9.17) is 11.2 Å². The summed E-state index contributed by atoms with van der Waals surface area (Å²) in [6.45, 7) is 3.64. The number of hydrogen-bond donors (Lipinski definition) is 0. The molecule has 0 atom stereocenters. The van der Waals surface area contributed by atoms with Gasteiger partial charge in [-0.15, -0.1) is 24.1 Å². The summed E-state index contributed by atoms with van der Waals surface area (Å²) in [5.41, 5.74) is 0.354. The molecule has 0 unspecified atom stereocenters. The number of carbonyl (C=O) groups excluding carboxylic acids is 1. The average molecular weight is 369 g/mol. The van der Waals surface area contributed by atoms with Gasteiger partial charge >= 0.3 is 5.97 Å². The van der Waals surface area contributed by atoms with Gasteiger partial charge in [0.05, 0.1) is 17.5 Å². The molecule has 0 saturated carbocycles. The lowest BCUT2D eigenvalue weighted by molar-refractivity contribution is -0.156. The van der Waals surface area contributed by atoms with Gasteiger partial charge in [-0.25, -0.2) is 9.97 Å². The van der Waals surface area contributed by atoms with Crippen LogP contribution >= 0.6 is 11.8 Å². The first-order valence-corrected chi connectivity index (χ1v) is 10.0. The number of hydrogen-bond acceptors (Lipinski definition) is 6. The second-order valence-electron chi connectivity index (χ2n) is 6.45. The maximum Gasteiger partial charge on any atom is 0.313 e. The van der Waals surface area contributed by atoms with Gasteiger partial charge in [0.25, 0.3) is 0 Å². The number of benzene rings is 1. The van der Waals surface area contributed by atoms with Crippen molar-refractivity contribution in [1.82, 2.24) is 9.97 Å². The first-order chi connectivity index (χ1) is 12.6. The number of terminal acetylenes is 1. The Morgan fingerprint density at radius 2 is 2.15 bits per heavy atom. The van der Waals surface area contributed by atoms with Crippen LogP contribution in [0.3, 0.4) is 0 Å². The van der Waals surface area contributed by atoms with Crippen LogP contribution in [0, 0.1) is 17.8 Å². The SMILES string of the molecule is C#CCC1(C(=O)OCC)CCN(c2ncnc3ccc(SC)cc23)CC1. The highest BCUT2D eigenvalue weighted by Gasteiger charge is 2.42. The van der Waals surface area contributed by atoms with E-state index in [0.29, 0.717) is 25.9 Å². The van der Waals surface area contributed by atoms with Crippen LogP contribution in [-0.4, -0.2) is 41.9 Å². The lowest BCUT2D eigenvalue weighted by Gasteiger charge is -2.39. The third-order valence-electron chi connectivity index (χ3n) is 4.99. The minimum absolute atomic E-state index is 0.171. The first kappa shape index (κ1) is 18.5. The topological polar surface area (TPSA) is 55.3 Å². The number of fused-ring (bicyclic) bond motifs is 1. The minimum Gasteiger partial charge on any atom is -0.466 e. The second kappa shape index (κ2) is 7.96. The van der Waals surface area contributed by atoms with Crippen LogP contribution in [0.2, 0.25) is 0 Å². The molecule has 3 rings (SSSR count). The Balaban J connectivity index is 1.87. The van der Waals surface area contributed by atoms with E-state index in [9.17, 15) is 4.79 Å². The van der Waals surface area contributed by atoms with Crippen molar-refractivity contribution in [2.75, 3.05) is 30.9 Å². The zero-order valence-electron chi connectivity index (χ0n) is 15.2. The first-order valence-electron chi connectivity index (χ1n) is 8.78. The highest BCUT2D eigenvalue weighted by molar-refractivity contribution is 7.98. The molecule has 1 aliphatic rings. The molecular formula is C20H23N3O2S. The smallest absolute Gasteiger partial charge is 0.313 e. The van der Waals surface area contributed by atoms with E-state index in [1.807, 2.05) is 13.0 Å². The van der Waals surface area contributed by atoms with Gasteiger partial charge in [0.2, 0.25) is 0 Å². The normalized spacial score (nSPS) is 16.3. The fourth-order valence-electron chi connectivity index (χ4n) is 3.48. The Labute approximate surface area is 158 Å². The molecule has 1 aromatic carbocycles. The van der Waals surface area contributed by atoms with E-state index >= 15 is 0 Å². The number of esters is 1. The number of ether oxygens (including phenoxy) is 1. The fraction of sp³-hybridized carbons (Fsp3) is 0.450. The number of thioether (sulfide) groups is 1. The molecule has 0 radical (unpaired) electrons. The van der Waals surface area contributed by atoms with E-state index in [-0.39, 0.29) is 5.97 Å². The number of rotatable bonds is 5. The van der Waals surface area contributed by atoms with Crippen LogP contribution in [0.1, 0.15) is 26.2 Å². The molecule has 1 aliphatic heterocycles. The Morgan fingerprint density at radius 1 is 1.38 bits per heavy atom. The predicted octanol–water partition coefficient (Wildman–Crippen LogP) is 3.52. The molecule has 26 heavy (non-hydrogen) atoms. The summed E-state index contributed by atoms with van der Waals surface area (Å²) in [6.07, 6.45) is 11.0. The van der Waals surface area contributed by atoms with Crippen molar-refractivity contribution >= 4 is 34.5 Å². The van der Waals surface area contributed by atoms with E-state index in [0.717, 1.165) is 29.8 Å². The highest BCUT2D eigenvalue weighted by atomic mass is 32.2. The van der Waals surface area contributed by atoms with Gasteiger partial charge in [-0.2, -0.15) is 0 Å². The minimum atomic E-state index is -0.575. The molecule has 0 N–H and O–H groups in total. The van der Waals surface area contributed by atoms with E-state index in [1.165, 1.54) is 4.90 Å². The molecule has 1 fully saturated rings. The Morgan fingerprint density at radius 3 is 2.81 bits per heavy atom. The third-order valence-corrected chi connectivity index (χ3v) is 5.72. The largest absolute Gasteiger partial charge is 0.466 e. The van der Waals surface area contributed by atoms with E-state index in [2.05, 4.69) is 39.2 Å². The molecule has 2 heterocycles. The van der Waals surface area contributed by atoms with Gasteiger partial charge in [0, 0.05) is 29.8 Å². The van der Waals surface area contributed by atoms with Gasteiger partial charge in [-0.3, -0.25) is 4.79 Å². The third kappa shape index (κ3) is 3.49. The summed E-state index contributed by atoms with van der Waals surface area (Å²) < 4.78 is 5.30. The summed E-state index contributed by atoms with van der Waals surface area (Å²) >= 11 is 1.70. The summed E-state index contributed by atoms with van der Waals surface area (Å²) in [5, 5.41) is 1.04. The van der Waals surface area contributed by atoms with Crippen molar-refractivity contribution in [2.45, 2.75) is 31.1 Å². The molecule has 0 amide bonds. The molecule has 1 aromatic heterocycles. The fourth-order valence-corrected chi connectivity index (χ4v) is 3.92. The van der Waals surface area contributed by atoms with Gasteiger partial charge < -0.3 is 9.64 Å². The number of carbonyl (C=O) groups is 1. The quantitative estimate of drug-likeness (QED) is 0.457. The summed E-state index contributed by atoms with van der Waals surface area (Å²) in [5.74, 6) is 3.42. The van der Waals surface area contributed by atoms with E-state index < -0.39 is 5.41 Å². The number of piperidine rings is 1. The van der Waals surface area contributed by atoms with Crippen LogP contribution in [0.5, 0.6) is 0 Å². The molecule has 1 saturated heterocycles. The molecule has 6 heteroatoms. The standard InChI is InChI=1S/C20H23N3O2S/c1-4-8-20(19(24)25-5-2)9-11-23(12-10-20)18-16-13-15(26-3)6-7-17(16)21-14-22-18/h1,6-7,13-14H,5,8-12H2,2-3H3. The molecule has 0 aliphatic carbocycles. The number of aromatic nitrogens is 2. The van der Waals surface area contributed by atoms with Crippen molar-refractivity contribution in [2.24, 2.45) is 5.41 Å². The van der Waals surface area contributed by atoms with Crippen molar-refractivity contribution in [3.05, 3.63) is 24.5 Å². The summed E-state index contributed by atoms with van der Waals surface area (Å²) in [4.78, 5) is 24.8. The maximum atomic E-state index is 12.5. The Kier molecular flexibility index (Phi) is 5.67. The van der Waals surface area contributed by atoms with E-state index in [1.54, 1.807) is 18.1 Å². The monoisotopic (exact) mass is 369 g/mol. The molecule has 136 valence electrons. The average Bonchev–Trinajstić information content (AvgIpc) is 2.68.